The lowest BCUT2D eigenvalue weighted by Gasteiger charge is -2.18. The lowest BCUT2D eigenvalue weighted by atomic mass is 9.91. The zero-order valence-electron chi connectivity index (χ0n) is 15.2. The second-order valence-corrected chi connectivity index (χ2v) is 7.48. The standard InChI is InChI=1S/C20H41N/c1-4-6-7-8-9-12-19-13-10-14-20(17-16-19)15-11-18-21(3)5-2/h19-20H,4-18H2,1-3H3. The van der Waals surface area contributed by atoms with Crippen LogP contribution in [-0.2, 0) is 0 Å². The second kappa shape index (κ2) is 12.5. The van der Waals surface area contributed by atoms with E-state index in [4.69, 9.17) is 0 Å². The topological polar surface area (TPSA) is 3.24 Å². The Morgan fingerprint density at radius 1 is 0.762 bits per heavy atom. The first kappa shape index (κ1) is 19.0. The first-order valence-electron chi connectivity index (χ1n) is 9.94. The summed E-state index contributed by atoms with van der Waals surface area (Å²) in [6, 6.07) is 0. The molecule has 1 heteroatoms. The minimum Gasteiger partial charge on any atom is -0.307 e. The molecule has 0 saturated heterocycles. The quantitative estimate of drug-likeness (QED) is 0.320. The maximum absolute atomic E-state index is 2.45. The Morgan fingerprint density at radius 2 is 1.38 bits per heavy atom. The summed E-state index contributed by atoms with van der Waals surface area (Å²) in [5.74, 6) is 2.11. The fourth-order valence-corrected chi connectivity index (χ4v) is 3.88. The van der Waals surface area contributed by atoms with E-state index in [0.29, 0.717) is 0 Å². The number of hydrogen-bond donors (Lipinski definition) is 0. The van der Waals surface area contributed by atoms with Gasteiger partial charge < -0.3 is 4.90 Å². The number of rotatable bonds is 11. The SMILES string of the molecule is CCCCCCCC1CCCC(CCCN(C)CC)CC1. The fraction of sp³-hybridized carbons (Fsp3) is 1.00. The third-order valence-corrected chi connectivity index (χ3v) is 5.62. The largest absolute Gasteiger partial charge is 0.307 e. The van der Waals surface area contributed by atoms with E-state index >= 15 is 0 Å². The predicted octanol–water partition coefficient (Wildman–Crippen LogP) is 6.28. The zero-order chi connectivity index (χ0) is 15.3. The molecule has 0 N–H and O–H groups in total. The lowest BCUT2D eigenvalue weighted by Crippen LogP contribution is -2.19. The Morgan fingerprint density at radius 3 is 2.00 bits per heavy atom. The highest BCUT2D eigenvalue weighted by atomic mass is 15.1. The van der Waals surface area contributed by atoms with Gasteiger partial charge in [0, 0.05) is 0 Å². The van der Waals surface area contributed by atoms with E-state index in [9.17, 15) is 0 Å². The van der Waals surface area contributed by atoms with Crippen molar-refractivity contribution in [3.63, 3.8) is 0 Å². The Hall–Kier alpha value is -0.0400. The molecule has 0 radical (unpaired) electrons. The van der Waals surface area contributed by atoms with Crippen LogP contribution in [0.15, 0.2) is 0 Å². The van der Waals surface area contributed by atoms with Crippen LogP contribution in [0, 0.1) is 11.8 Å². The molecule has 0 aromatic heterocycles. The average molecular weight is 296 g/mol. The molecule has 126 valence electrons. The van der Waals surface area contributed by atoms with Crippen LogP contribution in [-0.4, -0.2) is 25.0 Å². The molecule has 0 heterocycles. The van der Waals surface area contributed by atoms with Gasteiger partial charge in [0.05, 0.1) is 0 Å². The molecule has 0 bridgehead atoms. The zero-order valence-corrected chi connectivity index (χ0v) is 15.2. The fourth-order valence-electron chi connectivity index (χ4n) is 3.88. The van der Waals surface area contributed by atoms with Crippen molar-refractivity contribution >= 4 is 0 Å². The molecule has 0 spiro atoms. The molecule has 21 heavy (non-hydrogen) atoms. The molecule has 0 aromatic carbocycles. The molecule has 1 rings (SSSR count). The summed E-state index contributed by atoms with van der Waals surface area (Å²) in [5.41, 5.74) is 0. The summed E-state index contributed by atoms with van der Waals surface area (Å²) in [4.78, 5) is 2.45. The highest BCUT2D eigenvalue weighted by Gasteiger charge is 2.18. The van der Waals surface area contributed by atoms with Crippen LogP contribution >= 0.6 is 0 Å². The van der Waals surface area contributed by atoms with E-state index in [1.807, 2.05) is 0 Å². The summed E-state index contributed by atoms with van der Waals surface area (Å²) in [6.07, 6.45) is 19.3. The van der Waals surface area contributed by atoms with Gasteiger partial charge in [0.2, 0.25) is 0 Å². The Labute approximate surface area is 134 Å². The lowest BCUT2D eigenvalue weighted by molar-refractivity contribution is 0.315. The van der Waals surface area contributed by atoms with Crippen molar-refractivity contribution in [2.75, 3.05) is 20.1 Å². The summed E-state index contributed by atoms with van der Waals surface area (Å²) < 4.78 is 0. The van der Waals surface area contributed by atoms with Crippen LogP contribution in [0.1, 0.15) is 97.3 Å². The van der Waals surface area contributed by atoms with E-state index in [1.165, 1.54) is 96.6 Å². The first-order chi connectivity index (χ1) is 10.3. The second-order valence-electron chi connectivity index (χ2n) is 7.48. The molecular formula is C20H41N. The van der Waals surface area contributed by atoms with Gasteiger partial charge >= 0.3 is 0 Å². The van der Waals surface area contributed by atoms with E-state index in [1.54, 1.807) is 0 Å². The molecule has 1 fully saturated rings. The molecule has 1 aliphatic carbocycles. The van der Waals surface area contributed by atoms with Gasteiger partial charge in [-0.25, -0.2) is 0 Å². The number of unbranched alkanes of at least 4 members (excludes halogenated alkanes) is 4. The van der Waals surface area contributed by atoms with Crippen molar-refractivity contribution in [2.24, 2.45) is 11.8 Å². The van der Waals surface area contributed by atoms with E-state index in [2.05, 4.69) is 25.8 Å². The van der Waals surface area contributed by atoms with Gasteiger partial charge in [-0.15, -0.1) is 0 Å². The van der Waals surface area contributed by atoms with E-state index in [-0.39, 0.29) is 0 Å². The minimum absolute atomic E-state index is 1.04. The third kappa shape index (κ3) is 9.55. The highest BCUT2D eigenvalue weighted by molar-refractivity contribution is 4.71. The predicted molar refractivity (Wildman–Crippen MR) is 95.8 cm³/mol. The molecular weight excluding hydrogens is 254 g/mol. The molecule has 0 aromatic rings. The van der Waals surface area contributed by atoms with E-state index in [0.717, 1.165) is 11.8 Å². The number of hydrogen-bond acceptors (Lipinski definition) is 1. The van der Waals surface area contributed by atoms with Crippen molar-refractivity contribution < 1.29 is 0 Å². The summed E-state index contributed by atoms with van der Waals surface area (Å²) >= 11 is 0. The van der Waals surface area contributed by atoms with Gasteiger partial charge in [-0.05, 0) is 44.8 Å². The Bertz CT molecular complexity index is 226. The van der Waals surface area contributed by atoms with Crippen molar-refractivity contribution in [1.29, 1.82) is 0 Å². The van der Waals surface area contributed by atoms with Gasteiger partial charge in [0.25, 0.3) is 0 Å². The van der Waals surface area contributed by atoms with Crippen molar-refractivity contribution in [1.82, 2.24) is 4.90 Å². The molecule has 1 saturated carbocycles. The van der Waals surface area contributed by atoms with Crippen LogP contribution in [0.25, 0.3) is 0 Å². The maximum atomic E-state index is 2.45. The van der Waals surface area contributed by atoms with Gasteiger partial charge in [-0.2, -0.15) is 0 Å². The molecule has 1 nitrogen and oxygen atoms in total. The average Bonchev–Trinajstić information content (AvgIpc) is 2.72. The van der Waals surface area contributed by atoms with Crippen LogP contribution in [0.3, 0.4) is 0 Å². The van der Waals surface area contributed by atoms with Gasteiger partial charge in [0.1, 0.15) is 0 Å². The van der Waals surface area contributed by atoms with Crippen molar-refractivity contribution in [2.45, 2.75) is 97.3 Å². The smallest absolute Gasteiger partial charge is 0.00218 e. The Kier molecular flexibility index (Phi) is 11.3. The summed E-state index contributed by atoms with van der Waals surface area (Å²) in [6.45, 7) is 7.07. The maximum Gasteiger partial charge on any atom is -0.00218 e. The first-order valence-corrected chi connectivity index (χ1v) is 9.94. The molecule has 0 aliphatic heterocycles. The van der Waals surface area contributed by atoms with Crippen LogP contribution in [0.2, 0.25) is 0 Å². The van der Waals surface area contributed by atoms with Crippen molar-refractivity contribution in [3.05, 3.63) is 0 Å². The van der Waals surface area contributed by atoms with Crippen LogP contribution in [0.5, 0.6) is 0 Å². The monoisotopic (exact) mass is 295 g/mol. The molecule has 0 amide bonds. The number of nitrogens with zero attached hydrogens (tertiary/aromatic N) is 1. The summed E-state index contributed by atoms with van der Waals surface area (Å²) in [5, 5.41) is 0. The molecule has 2 atom stereocenters. The normalized spacial score (nSPS) is 23.4. The highest BCUT2D eigenvalue weighted by Crippen LogP contribution is 2.32. The summed E-state index contributed by atoms with van der Waals surface area (Å²) in [7, 11) is 2.25. The molecule has 1 aliphatic rings. The van der Waals surface area contributed by atoms with Crippen molar-refractivity contribution in [3.8, 4) is 0 Å². The van der Waals surface area contributed by atoms with Gasteiger partial charge in [0.15, 0.2) is 0 Å². The van der Waals surface area contributed by atoms with Crippen LogP contribution in [0.4, 0.5) is 0 Å². The van der Waals surface area contributed by atoms with E-state index < -0.39 is 0 Å². The third-order valence-electron chi connectivity index (χ3n) is 5.62. The van der Waals surface area contributed by atoms with Gasteiger partial charge in [-0.1, -0.05) is 84.5 Å². The van der Waals surface area contributed by atoms with Gasteiger partial charge in [-0.3, -0.25) is 0 Å². The molecule has 2 unspecified atom stereocenters. The Balaban J connectivity index is 2.07. The minimum atomic E-state index is 1.04. The van der Waals surface area contributed by atoms with Crippen LogP contribution < -0.4 is 0 Å².